The minimum Gasteiger partial charge on any atom is -0.332 e. The van der Waals surface area contributed by atoms with Gasteiger partial charge in [-0.25, -0.2) is 4.39 Å². The number of rotatable bonds is 8. The molecule has 0 atom stereocenters. The molecule has 1 aliphatic carbocycles. The second kappa shape index (κ2) is 9.10. The Morgan fingerprint density at radius 2 is 1.80 bits per heavy atom. The van der Waals surface area contributed by atoms with Crippen molar-refractivity contribution < 1.29 is 14.0 Å². The summed E-state index contributed by atoms with van der Waals surface area (Å²) in [7, 11) is 0. The molecule has 0 spiro atoms. The average Bonchev–Trinajstić information content (AvgIpc) is 3.26. The van der Waals surface area contributed by atoms with E-state index in [-0.39, 0.29) is 30.2 Å². The van der Waals surface area contributed by atoms with Crippen molar-refractivity contribution in [2.45, 2.75) is 38.9 Å². The summed E-state index contributed by atoms with van der Waals surface area (Å²) in [5.74, 6) is -0.467. The molecular formula is C23H23FN2O2S2. The molecule has 0 bridgehead atoms. The van der Waals surface area contributed by atoms with E-state index >= 15 is 0 Å². The van der Waals surface area contributed by atoms with Crippen molar-refractivity contribution in [1.82, 2.24) is 9.80 Å². The topological polar surface area (TPSA) is 40.6 Å². The van der Waals surface area contributed by atoms with Crippen molar-refractivity contribution in [3.05, 3.63) is 79.9 Å². The standard InChI is InChI=1S/C23H23FN2O2S2/c1-16-10-12-30-21(16)14-25(13-17-4-6-18(24)7-5-17)22(27)15-26(19-8-9-19)23(28)20-3-2-11-29-20/h2-7,10-12,19H,8-9,13-15H2,1H3. The molecule has 2 aromatic heterocycles. The predicted molar refractivity (Wildman–Crippen MR) is 118 cm³/mol. The van der Waals surface area contributed by atoms with E-state index in [9.17, 15) is 14.0 Å². The highest BCUT2D eigenvalue weighted by molar-refractivity contribution is 7.12. The second-order valence-electron chi connectivity index (χ2n) is 7.54. The molecule has 3 aromatic rings. The van der Waals surface area contributed by atoms with Gasteiger partial charge in [-0.05, 0) is 65.9 Å². The Balaban J connectivity index is 1.53. The Kier molecular flexibility index (Phi) is 6.29. The fourth-order valence-electron chi connectivity index (χ4n) is 3.32. The minimum atomic E-state index is -0.299. The minimum absolute atomic E-state index is 0.0625. The van der Waals surface area contributed by atoms with Crippen LogP contribution in [0.1, 0.15) is 38.5 Å². The van der Waals surface area contributed by atoms with Crippen LogP contribution >= 0.6 is 22.7 Å². The SMILES string of the molecule is Cc1ccsc1CN(Cc1ccc(F)cc1)C(=O)CN(C(=O)c1cccs1)C1CC1. The van der Waals surface area contributed by atoms with E-state index in [2.05, 4.69) is 0 Å². The summed E-state index contributed by atoms with van der Waals surface area (Å²) in [6.45, 7) is 2.95. The Morgan fingerprint density at radius 3 is 2.40 bits per heavy atom. The van der Waals surface area contributed by atoms with Crippen LogP contribution in [-0.2, 0) is 17.9 Å². The number of carbonyl (C=O) groups is 2. The van der Waals surface area contributed by atoms with E-state index in [4.69, 9.17) is 0 Å². The number of amides is 2. The fourth-order valence-corrected chi connectivity index (χ4v) is 4.92. The van der Waals surface area contributed by atoms with E-state index in [1.165, 1.54) is 23.5 Å². The normalized spacial score (nSPS) is 13.3. The maximum atomic E-state index is 13.3. The Hall–Kier alpha value is -2.51. The number of thiophene rings is 2. The molecule has 4 rings (SSSR count). The summed E-state index contributed by atoms with van der Waals surface area (Å²) < 4.78 is 13.3. The first-order valence-electron chi connectivity index (χ1n) is 9.91. The third kappa shape index (κ3) is 4.96. The largest absolute Gasteiger partial charge is 0.332 e. The van der Waals surface area contributed by atoms with Gasteiger partial charge in [0.2, 0.25) is 5.91 Å². The van der Waals surface area contributed by atoms with Gasteiger partial charge in [0.15, 0.2) is 0 Å². The number of benzene rings is 1. The van der Waals surface area contributed by atoms with Crippen LogP contribution in [0.4, 0.5) is 4.39 Å². The predicted octanol–water partition coefficient (Wildman–Crippen LogP) is 5.09. The molecule has 2 heterocycles. The summed E-state index contributed by atoms with van der Waals surface area (Å²) in [6.07, 6.45) is 1.87. The van der Waals surface area contributed by atoms with Crippen molar-refractivity contribution in [3.63, 3.8) is 0 Å². The second-order valence-corrected chi connectivity index (χ2v) is 9.49. The highest BCUT2D eigenvalue weighted by Gasteiger charge is 2.35. The highest BCUT2D eigenvalue weighted by atomic mass is 32.1. The number of carbonyl (C=O) groups excluding carboxylic acids is 2. The third-order valence-corrected chi connectivity index (χ3v) is 7.09. The molecule has 0 N–H and O–H groups in total. The van der Waals surface area contributed by atoms with Gasteiger partial charge in [-0.15, -0.1) is 22.7 Å². The number of hydrogen-bond donors (Lipinski definition) is 0. The summed E-state index contributed by atoms with van der Waals surface area (Å²) >= 11 is 3.02. The van der Waals surface area contributed by atoms with Crippen LogP contribution in [0.3, 0.4) is 0 Å². The number of hydrogen-bond acceptors (Lipinski definition) is 4. The Labute approximate surface area is 183 Å². The van der Waals surface area contributed by atoms with Gasteiger partial charge in [-0.1, -0.05) is 18.2 Å². The zero-order chi connectivity index (χ0) is 21.1. The molecule has 4 nitrogen and oxygen atoms in total. The van der Waals surface area contributed by atoms with Gasteiger partial charge in [-0.2, -0.15) is 0 Å². The first kappa shape index (κ1) is 20.8. The molecule has 2 amide bonds. The van der Waals surface area contributed by atoms with Crippen LogP contribution in [0, 0.1) is 12.7 Å². The van der Waals surface area contributed by atoms with Gasteiger partial charge in [0.1, 0.15) is 12.4 Å². The molecular weight excluding hydrogens is 419 g/mol. The smallest absolute Gasteiger partial charge is 0.264 e. The molecule has 1 aromatic carbocycles. The molecule has 1 aliphatic rings. The van der Waals surface area contributed by atoms with Crippen LogP contribution in [0.2, 0.25) is 0 Å². The summed E-state index contributed by atoms with van der Waals surface area (Å²) in [4.78, 5) is 31.5. The van der Waals surface area contributed by atoms with Crippen LogP contribution in [0.25, 0.3) is 0 Å². The fraction of sp³-hybridized carbons (Fsp3) is 0.304. The maximum Gasteiger partial charge on any atom is 0.264 e. The molecule has 1 fully saturated rings. The van der Waals surface area contributed by atoms with Gasteiger partial charge in [0.05, 0.1) is 11.4 Å². The van der Waals surface area contributed by atoms with Crippen molar-refractivity contribution in [3.8, 4) is 0 Å². The maximum absolute atomic E-state index is 13.3. The molecule has 1 saturated carbocycles. The van der Waals surface area contributed by atoms with Crippen molar-refractivity contribution in [2.75, 3.05) is 6.54 Å². The molecule has 0 radical (unpaired) electrons. The van der Waals surface area contributed by atoms with E-state index in [1.807, 2.05) is 29.8 Å². The third-order valence-electron chi connectivity index (χ3n) is 5.23. The quantitative estimate of drug-likeness (QED) is 0.488. The van der Waals surface area contributed by atoms with Gasteiger partial charge in [-0.3, -0.25) is 9.59 Å². The lowest BCUT2D eigenvalue weighted by molar-refractivity contribution is -0.133. The van der Waals surface area contributed by atoms with Gasteiger partial charge >= 0.3 is 0 Å². The van der Waals surface area contributed by atoms with Crippen LogP contribution in [-0.4, -0.2) is 34.2 Å². The molecule has 7 heteroatoms. The summed E-state index contributed by atoms with van der Waals surface area (Å²) in [6, 6.07) is 12.1. The zero-order valence-electron chi connectivity index (χ0n) is 16.7. The van der Waals surface area contributed by atoms with Crippen LogP contribution < -0.4 is 0 Å². The molecule has 0 aliphatic heterocycles. The Morgan fingerprint density at radius 1 is 1.03 bits per heavy atom. The molecule has 156 valence electrons. The lowest BCUT2D eigenvalue weighted by Crippen LogP contribution is -2.43. The Bertz CT molecular complexity index is 1010. The van der Waals surface area contributed by atoms with Gasteiger partial charge in [0.25, 0.3) is 5.91 Å². The van der Waals surface area contributed by atoms with Crippen LogP contribution in [0.15, 0.2) is 53.2 Å². The van der Waals surface area contributed by atoms with Crippen molar-refractivity contribution in [1.29, 1.82) is 0 Å². The van der Waals surface area contributed by atoms with Crippen LogP contribution in [0.5, 0.6) is 0 Å². The first-order valence-corrected chi connectivity index (χ1v) is 11.7. The van der Waals surface area contributed by atoms with Gasteiger partial charge in [0, 0.05) is 17.5 Å². The molecule has 0 unspecified atom stereocenters. The highest BCUT2D eigenvalue weighted by Crippen LogP contribution is 2.29. The summed E-state index contributed by atoms with van der Waals surface area (Å²) in [5, 5.41) is 3.89. The number of aryl methyl sites for hydroxylation is 1. The number of nitrogens with zero attached hydrogens (tertiary/aromatic N) is 2. The summed E-state index contributed by atoms with van der Waals surface area (Å²) in [5.41, 5.74) is 2.01. The van der Waals surface area contributed by atoms with E-state index < -0.39 is 0 Å². The van der Waals surface area contributed by atoms with E-state index in [0.717, 1.165) is 28.8 Å². The molecule has 30 heavy (non-hydrogen) atoms. The van der Waals surface area contributed by atoms with E-state index in [1.54, 1.807) is 39.3 Å². The monoisotopic (exact) mass is 442 g/mol. The first-order chi connectivity index (χ1) is 14.5. The van der Waals surface area contributed by atoms with Crippen molar-refractivity contribution in [2.24, 2.45) is 0 Å². The lowest BCUT2D eigenvalue weighted by atomic mass is 10.2. The zero-order valence-corrected chi connectivity index (χ0v) is 18.3. The lowest BCUT2D eigenvalue weighted by Gasteiger charge is -2.27. The van der Waals surface area contributed by atoms with Gasteiger partial charge < -0.3 is 9.80 Å². The number of halogens is 1. The van der Waals surface area contributed by atoms with E-state index in [0.29, 0.717) is 18.0 Å². The molecule has 0 saturated heterocycles. The van der Waals surface area contributed by atoms with Crippen molar-refractivity contribution >= 4 is 34.5 Å². The average molecular weight is 443 g/mol.